The Labute approximate surface area is 164 Å². The lowest BCUT2D eigenvalue weighted by atomic mass is 9.91. The first kappa shape index (κ1) is 24.0. The predicted molar refractivity (Wildman–Crippen MR) is 107 cm³/mol. The minimum absolute atomic E-state index is 0.0503. The summed E-state index contributed by atoms with van der Waals surface area (Å²) in [5.41, 5.74) is -0.631. The van der Waals surface area contributed by atoms with Crippen LogP contribution in [0.15, 0.2) is 0 Å². The van der Waals surface area contributed by atoms with Crippen LogP contribution in [0, 0.1) is 0 Å². The number of hydrogen-bond donors (Lipinski definition) is 2. The number of ether oxygens (including phenoxy) is 1. The quantitative estimate of drug-likeness (QED) is 0.544. The van der Waals surface area contributed by atoms with Gasteiger partial charge in [0, 0.05) is 13.3 Å². The van der Waals surface area contributed by atoms with Crippen molar-refractivity contribution in [3.63, 3.8) is 0 Å². The van der Waals surface area contributed by atoms with E-state index in [9.17, 15) is 14.0 Å². The molecule has 1 amide bonds. The van der Waals surface area contributed by atoms with E-state index in [4.69, 9.17) is 9.16 Å². The van der Waals surface area contributed by atoms with Crippen LogP contribution in [0.1, 0.15) is 54.9 Å². The third kappa shape index (κ3) is 6.83. The minimum atomic E-state index is -2.19. The van der Waals surface area contributed by atoms with E-state index in [0.717, 1.165) is 0 Å². The number of alkyl halides is 1. The summed E-state index contributed by atoms with van der Waals surface area (Å²) >= 11 is 0. The highest BCUT2D eigenvalue weighted by Gasteiger charge is 2.47. The lowest BCUT2D eigenvalue weighted by Crippen LogP contribution is -2.67. The first-order valence-corrected chi connectivity index (χ1v) is 12.5. The second-order valence-electron chi connectivity index (χ2n) is 9.89. The van der Waals surface area contributed by atoms with Gasteiger partial charge in [-0.25, -0.2) is 4.39 Å². The largest absolute Gasteiger partial charge is 0.459 e. The van der Waals surface area contributed by atoms with Crippen molar-refractivity contribution in [2.75, 3.05) is 6.67 Å². The summed E-state index contributed by atoms with van der Waals surface area (Å²) in [7, 11) is -2.19. The van der Waals surface area contributed by atoms with Crippen molar-refractivity contribution in [2.45, 2.75) is 103 Å². The molecule has 0 aromatic heterocycles. The highest BCUT2D eigenvalue weighted by atomic mass is 28.4. The number of esters is 1. The zero-order valence-electron chi connectivity index (χ0n) is 18.2. The number of amides is 1. The monoisotopic (exact) mass is 404 g/mol. The van der Waals surface area contributed by atoms with Crippen LogP contribution in [0.2, 0.25) is 18.1 Å². The molecule has 0 unspecified atom stereocenters. The maximum Gasteiger partial charge on any atom is 0.323 e. The fraction of sp³-hybridized carbons (Fsp3) is 0.895. The highest BCUT2D eigenvalue weighted by Crippen LogP contribution is 2.39. The molecule has 0 radical (unpaired) electrons. The molecule has 1 aliphatic rings. The van der Waals surface area contributed by atoms with Crippen molar-refractivity contribution in [3.8, 4) is 0 Å². The zero-order valence-corrected chi connectivity index (χ0v) is 19.2. The van der Waals surface area contributed by atoms with Crippen molar-refractivity contribution in [3.05, 3.63) is 0 Å². The Bertz CT molecular complexity index is 543. The lowest BCUT2D eigenvalue weighted by Gasteiger charge is -2.47. The summed E-state index contributed by atoms with van der Waals surface area (Å²) in [5, 5.41) is 5.77. The number of rotatable bonds is 5. The third-order valence-corrected chi connectivity index (χ3v) is 9.70. The van der Waals surface area contributed by atoms with Crippen LogP contribution in [-0.2, 0) is 18.8 Å². The van der Waals surface area contributed by atoms with Gasteiger partial charge in [0.25, 0.3) is 0 Å². The van der Waals surface area contributed by atoms with Crippen molar-refractivity contribution in [2.24, 2.45) is 0 Å². The van der Waals surface area contributed by atoms with Crippen LogP contribution >= 0.6 is 0 Å². The van der Waals surface area contributed by atoms with Crippen molar-refractivity contribution in [1.29, 1.82) is 0 Å². The average molecular weight is 405 g/mol. The summed E-state index contributed by atoms with van der Waals surface area (Å²) < 4.78 is 25.8. The van der Waals surface area contributed by atoms with Gasteiger partial charge in [0.2, 0.25) is 5.91 Å². The molecule has 6 nitrogen and oxygen atoms in total. The molecular formula is C19H37FN2O4Si. The van der Waals surface area contributed by atoms with Gasteiger partial charge in [-0.05, 0) is 38.9 Å². The van der Waals surface area contributed by atoms with Gasteiger partial charge in [-0.3, -0.25) is 14.9 Å². The van der Waals surface area contributed by atoms with Crippen LogP contribution in [0.3, 0.4) is 0 Å². The van der Waals surface area contributed by atoms with E-state index < -0.39 is 50.8 Å². The second kappa shape index (κ2) is 8.57. The van der Waals surface area contributed by atoms with Gasteiger partial charge in [-0.2, -0.15) is 0 Å². The van der Waals surface area contributed by atoms with Gasteiger partial charge in [0.15, 0.2) is 8.32 Å². The Hall–Kier alpha value is -0.993. The topological polar surface area (TPSA) is 76.7 Å². The molecule has 1 fully saturated rings. The molecule has 0 bridgehead atoms. The lowest BCUT2D eigenvalue weighted by molar-refractivity contribution is -0.160. The molecule has 1 aliphatic heterocycles. The van der Waals surface area contributed by atoms with Crippen LogP contribution in [0.5, 0.6) is 0 Å². The number of piperidine rings is 1. The highest BCUT2D eigenvalue weighted by molar-refractivity contribution is 6.74. The van der Waals surface area contributed by atoms with Crippen LogP contribution in [-0.4, -0.2) is 56.7 Å². The van der Waals surface area contributed by atoms with E-state index in [1.54, 1.807) is 20.8 Å². The maximum absolute atomic E-state index is 13.8. The summed E-state index contributed by atoms with van der Waals surface area (Å²) in [4.78, 5) is 24.3. The normalized spacial score (nSPS) is 27.2. The fourth-order valence-electron chi connectivity index (χ4n) is 2.85. The summed E-state index contributed by atoms with van der Waals surface area (Å²) in [6, 6.07) is -1.93. The third-order valence-electron chi connectivity index (χ3n) is 5.20. The second-order valence-corrected chi connectivity index (χ2v) is 14.6. The summed E-state index contributed by atoms with van der Waals surface area (Å²) in [6.45, 7) is 16.6. The number of nitrogens with one attached hydrogen (secondary N) is 2. The van der Waals surface area contributed by atoms with Gasteiger partial charge in [-0.1, -0.05) is 20.8 Å². The Kier molecular flexibility index (Phi) is 7.63. The van der Waals surface area contributed by atoms with Crippen LogP contribution in [0.4, 0.5) is 4.39 Å². The van der Waals surface area contributed by atoms with E-state index in [2.05, 4.69) is 44.5 Å². The molecule has 27 heavy (non-hydrogen) atoms. The standard InChI is InChI=1S/C19H37FN2O4Si/c1-12(23)21-16-14(11-20)22-13(17(24)25-18(2,3)4)10-15(16)26-27(8,9)19(5,6)7/h13-16,22H,10-11H2,1-9H3,(H,21,23)/t13-,14-,15-,16-/m0/s1. The fourth-order valence-corrected chi connectivity index (χ4v) is 4.20. The molecule has 0 aromatic carbocycles. The molecule has 0 aliphatic carbocycles. The first-order chi connectivity index (χ1) is 12.1. The predicted octanol–water partition coefficient (Wildman–Crippen LogP) is 2.92. The number of carbonyl (C=O) groups is 2. The molecule has 1 heterocycles. The Morgan fingerprint density at radius 3 is 2.15 bits per heavy atom. The van der Waals surface area contributed by atoms with Gasteiger partial charge < -0.3 is 14.5 Å². The van der Waals surface area contributed by atoms with E-state index >= 15 is 0 Å². The van der Waals surface area contributed by atoms with Gasteiger partial charge >= 0.3 is 5.97 Å². The van der Waals surface area contributed by atoms with Crippen molar-refractivity contribution in [1.82, 2.24) is 10.6 Å². The van der Waals surface area contributed by atoms with Crippen LogP contribution < -0.4 is 10.6 Å². The average Bonchev–Trinajstić information content (AvgIpc) is 2.44. The molecule has 4 atom stereocenters. The molecule has 0 spiro atoms. The molecule has 0 aromatic rings. The molecule has 2 N–H and O–H groups in total. The minimum Gasteiger partial charge on any atom is -0.459 e. The smallest absolute Gasteiger partial charge is 0.323 e. The number of halogens is 1. The van der Waals surface area contributed by atoms with Crippen molar-refractivity contribution < 1.29 is 23.1 Å². The Balaban J connectivity index is 3.13. The Morgan fingerprint density at radius 1 is 1.19 bits per heavy atom. The van der Waals surface area contributed by atoms with E-state index in [0.29, 0.717) is 6.42 Å². The molecule has 1 rings (SSSR count). The molecule has 0 saturated carbocycles. The van der Waals surface area contributed by atoms with Gasteiger partial charge in [0.1, 0.15) is 18.3 Å². The van der Waals surface area contributed by atoms with Crippen molar-refractivity contribution >= 4 is 20.2 Å². The molecular weight excluding hydrogens is 367 g/mol. The SMILES string of the molecule is CC(=O)N[C@H]1[C@H](CF)N[C@H](C(=O)OC(C)(C)C)C[C@@H]1O[Si](C)(C)C(C)(C)C. The number of carbonyl (C=O) groups excluding carboxylic acids is 2. The Morgan fingerprint density at radius 2 is 1.74 bits per heavy atom. The van der Waals surface area contributed by atoms with E-state index in [-0.39, 0.29) is 10.9 Å². The summed E-state index contributed by atoms with van der Waals surface area (Å²) in [6.07, 6.45) is -0.141. The summed E-state index contributed by atoms with van der Waals surface area (Å²) in [5.74, 6) is -0.675. The number of hydrogen-bond acceptors (Lipinski definition) is 5. The molecule has 158 valence electrons. The molecule has 1 saturated heterocycles. The zero-order chi connectivity index (χ0) is 21.2. The van der Waals surface area contributed by atoms with Gasteiger partial charge in [0.05, 0.1) is 18.2 Å². The van der Waals surface area contributed by atoms with Gasteiger partial charge in [-0.15, -0.1) is 0 Å². The molecule has 8 heteroatoms. The van der Waals surface area contributed by atoms with Crippen LogP contribution in [0.25, 0.3) is 0 Å². The van der Waals surface area contributed by atoms with E-state index in [1.807, 2.05) is 0 Å². The van der Waals surface area contributed by atoms with E-state index in [1.165, 1.54) is 6.92 Å². The first-order valence-electron chi connectivity index (χ1n) is 9.57. The maximum atomic E-state index is 13.8.